The molecule has 0 N–H and O–H groups in total. The van der Waals surface area contributed by atoms with E-state index >= 15 is 0 Å². The minimum Gasteiger partial charge on any atom is -0.496 e. The van der Waals surface area contributed by atoms with Crippen molar-refractivity contribution in [1.82, 2.24) is 0 Å². The third-order valence-corrected chi connectivity index (χ3v) is 5.32. The van der Waals surface area contributed by atoms with E-state index in [1.165, 1.54) is 0 Å². The lowest BCUT2D eigenvalue weighted by molar-refractivity contribution is 0.104. The maximum absolute atomic E-state index is 12.3. The maximum atomic E-state index is 12.3. The molecule has 0 saturated carbocycles. The topological polar surface area (TPSA) is 35.5 Å². The lowest BCUT2D eigenvalue weighted by atomic mass is 10.1. The molecule has 142 valence electrons. The highest BCUT2D eigenvalue weighted by Crippen LogP contribution is 2.23. The van der Waals surface area contributed by atoms with E-state index in [4.69, 9.17) is 9.47 Å². The van der Waals surface area contributed by atoms with Crippen LogP contribution >= 0.6 is 38.5 Å². The van der Waals surface area contributed by atoms with Gasteiger partial charge in [-0.1, -0.05) is 28.1 Å². The van der Waals surface area contributed by atoms with Gasteiger partial charge in [-0.2, -0.15) is 0 Å². The number of ether oxygens (including phenoxy) is 2. The van der Waals surface area contributed by atoms with Crippen LogP contribution < -0.4 is 9.47 Å². The van der Waals surface area contributed by atoms with Gasteiger partial charge in [0.25, 0.3) is 0 Å². The Morgan fingerprint density at radius 1 is 1.04 bits per heavy atom. The lowest BCUT2D eigenvalue weighted by Gasteiger charge is -2.11. The summed E-state index contributed by atoms with van der Waals surface area (Å²) in [6.07, 6.45) is 3.38. The number of ketones is 1. The van der Waals surface area contributed by atoms with Gasteiger partial charge in [-0.25, -0.2) is 0 Å². The number of benzene rings is 3. The van der Waals surface area contributed by atoms with Crippen LogP contribution in [0.1, 0.15) is 21.5 Å². The predicted octanol–water partition coefficient (Wildman–Crippen LogP) is 6.54. The average Bonchev–Trinajstić information content (AvgIpc) is 2.72. The molecule has 0 bridgehead atoms. The first-order valence-electron chi connectivity index (χ1n) is 8.58. The molecule has 3 rings (SSSR count). The summed E-state index contributed by atoms with van der Waals surface area (Å²) in [6.45, 7) is 0.381. The highest BCUT2D eigenvalue weighted by atomic mass is 127. The predicted molar refractivity (Wildman–Crippen MR) is 124 cm³/mol. The van der Waals surface area contributed by atoms with E-state index in [0.717, 1.165) is 30.7 Å². The van der Waals surface area contributed by atoms with Gasteiger partial charge >= 0.3 is 0 Å². The first kappa shape index (κ1) is 20.6. The molecule has 3 nitrogen and oxygen atoms in total. The van der Waals surface area contributed by atoms with E-state index in [2.05, 4.69) is 38.5 Å². The summed E-state index contributed by atoms with van der Waals surface area (Å²) in [7, 11) is 1.64. The number of allylic oxidation sites excluding steroid dienone is 1. The summed E-state index contributed by atoms with van der Waals surface area (Å²) < 4.78 is 13.4. The zero-order valence-electron chi connectivity index (χ0n) is 15.2. The molecule has 0 heterocycles. The number of carbonyl (C=O) groups is 1. The Morgan fingerprint density at radius 3 is 2.43 bits per heavy atom. The molecule has 28 heavy (non-hydrogen) atoms. The van der Waals surface area contributed by atoms with E-state index in [0.29, 0.717) is 12.2 Å². The van der Waals surface area contributed by atoms with Gasteiger partial charge in [0.15, 0.2) is 5.78 Å². The number of hydrogen-bond acceptors (Lipinski definition) is 3. The Morgan fingerprint density at radius 2 is 1.75 bits per heavy atom. The van der Waals surface area contributed by atoms with Crippen LogP contribution in [0.4, 0.5) is 0 Å². The van der Waals surface area contributed by atoms with Crippen molar-refractivity contribution in [3.63, 3.8) is 0 Å². The first-order chi connectivity index (χ1) is 13.5. The van der Waals surface area contributed by atoms with Crippen molar-refractivity contribution in [2.45, 2.75) is 6.61 Å². The molecule has 0 aliphatic carbocycles. The largest absolute Gasteiger partial charge is 0.496 e. The second-order valence-corrected chi connectivity index (χ2v) is 8.18. The molecular formula is C23H18BrIO3. The molecule has 0 amide bonds. The van der Waals surface area contributed by atoms with Gasteiger partial charge in [-0.05, 0) is 94.9 Å². The second kappa shape index (κ2) is 9.89. The SMILES string of the molecule is COc1ccc(/C=C/C(=O)c2ccc(Br)cc2)cc1COc1ccc(I)cc1. The summed E-state index contributed by atoms with van der Waals surface area (Å²) >= 11 is 5.63. The molecule has 0 radical (unpaired) electrons. The summed E-state index contributed by atoms with van der Waals surface area (Å²) in [6, 6.07) is 21.0. The molecule has 0 spiro atoms. The van der Waals surface area contributed by atoms with Crippen LogP contribution in [0, 0.1) is 3.57 Å². The summed E-state index contributed by atoms with van der Waals surface area (Å²) in [5, 5.41) is 0. The zero-order chi connectivity index (χ0) is 19.9. The minimum atomic E-state index is -0.0417. The fourth-order valence-corrected chi connectivity index (χ4v) is 3.21. The van der Waals surface area contributed by atoms with Crippen molar-refractivity contribution in [3.05, 3.63) is 97.5 Å². The van der Waals surface area contributed by atoms with E-state index < -0.39 is 0 Å². The molecule has 3 aromatic carbocycles. The van der Waals surface area contributed by atoms with Crippen LogP contribution in [-0.2, 0) is 6.61 Å². The van der Waals surface area contributed by atoms with Crippen LogP contribution in [0.25, 0.3) is 6.08 Å². The Bertz CT molecular complexity index is 980. The normalized spacial score (nSPS) is 10.8. The molecule has 0 fully saturated rings. The van der Waals surface area contributed by atoms with Crippen LogP contribution in [-0.4, -0.2) is 12.9 Å². The van der Waals surface area contributed by atoms with Crippen LogP contribution in [0.2, 0.25) is 0 Å². The Kier molecular flexibility index (Phi) is 7.28. The van der Waals surface area contributed by atoms with E-state index in [-0.39, 0.29) is 5.78 Å². The van der Waals surface area contributed by atoms with Crippen molar-refractivity contribution in [1.29, 1.82) is 0 Å². The quantitative estimate of drug-likeness (QED) is 0.191. The van der Waals surface area contributed by atoms with Crippen molar-refractivity contribution < 1.29 is 14.3 Å². The Balaban J connectivity index is 1.73. The Labute approximate surface area is 186 Å². The average molecular weight is 549 g/mol. The third kappa shape index (κ3) is 5.69. The van der Waals surface area contributed by atoms with Gasteiger partial charge in [0.05, 0.1) is 7.11 Å². The van der Waals surface area contributed by atoms with Crippen molar-refractivity contribution in [3.8, 4) is 11.5 Å². The second-order valence-electron chi connectivity index (χ2n) is 6.02. The van der Waals surface area contributed by atoms with Gasteiger partial charge in [0.1, 0.15) is 18.1 Å². The van der Waals surface area contributed by atoms with E-state index in [1.807, 2.05) is 54.6 Å². The van der Waals surface area contributed by atoms with Crippen molar-refractivity contribution >= 4 is 50.4 Å². The highest BCUT2D eigenvalue weighted by molar-refractivity contribution is 14.1. The highest BCUT2D eigenvalue weighted by Gasteiger charge is 2.06. The lowest BCUT2D eigenvalue weighted by Crippen LogP contribution is -1.99. The molecule has 0 atom stereocenters. The van der Waals surface area contributed by atoms with Gasteiger partial charge in [-0.3, -0.25) is 4.79 Å². The molecule has 0 unspecified atom stereocenters. The molecule has 0 aliphatic heterocycles. The molecular weight excluding hydrogens is 531 g/mol. The van der Waals surface area contributed by atoms with E-state index in [1.54, 1.807) is 31.4 Å². The zero-order valence-corrected chi connectivity index (χ0v) is 18.9. The van der Waals surface area contributed by atoms with Gasteiger partial charge in [-0.15, -0.1) is 0 Å². The molecule has 5 heteroatoms. The van der Waals surface area contributed by atoms with E-state index in [9.17, 15) is 4.79 Å². The molecule has 0 saturated heterocycles. The van der Waals surface area contributed by atoms with Gasteiger partial charge in [0.2, 0.25) is 0 Å². The van der Waals surface area contributed by atoms with Crippen molar-refractivity contribution in [2.75, 3.05) is 7.11 Å². The Hall–Kier alpha value is -2.12. The summed E-state index contributed by atoms with van der Waals surface area (Å²) in [5.41, 5.74) is 2.47. The fourth-order valence-electron chi connectivity index (χ4n) is 2.59. The fraction of sp³-hybridized carbons (Fsp3) is 0.0870. The van der Waals surface area contributed by atoms with Crippen LogP contribution in [0.5, 0.6) is 11.5 Å². The van der Waals surface area contributed by atoms with Crippen LogP contribution in [0.15, 0.2) is 77.3 Å². The minimum absolute atomic E-state index is 0.0417. The standard InChI is InChI=1S/C23H18BrIO3/c1-27-23-13-3-16(2-12-22(26)17-4-6-19(24)7-5-17)14-18(23)15-28-21-10-8-20(25)9-11-21/h2-14H,15H2,1H3/b12-2+. The number of rotatable bonds is 7. The monoisotopic (exact) mass is 548 g/mol. The number of halogens is 2. The van der Waals surface area contributed by atoms with Gasteiger partial charge in [0, 0.05) is 19.2 Å². The van der Waals surface area contributed by atoms with Crippen LogP contribution in [0.3, 0.4) is 0 Å². The number of hydrogen-bond donors (Lipinski definition) is 0. The number of methoxy groups -OCH3 is 1. The van der Waals surface area contributed by atoms with Gasteiger partial charge < -0.3 is 9.47 Å². The third-order valence-electron chi connectivity index (χ3n) is 4.07. The maximum Gasteiger partial charge on any atom is 0.185 e. The van der Waals surface area contributed by atoms with Crippen molar-refractivity contribution in [2.24, 2.45) is 0 Å². The molecule has 0 aromatic heterocycles. The first-order valence-corrected chi connectivity index (χ1v) is 10.5. The molecule has 3 aromatic rings. The summed E-state index contributed by atoms with van der Waals surface area (Å²) in [5.74, 6) is 1.51. The number of carbonyl (C=O) groups excluding carboxylic acids is 1. The molecule has 0 aliphatic rings. The smallest absolute Gasteiger partial charge is 0.185 e. The summed E-state index contributed by atoms with van der Waals surface area (Å²) in [4.78, 5) is 12.3.